The van der Waals surface area contributed by atoms with Gasteiger partial charge in [0, 0.05) is 33.3 Å². The molecular weight excluding hydrogens is 420 g/mol. The van der Waals surface area contributed by atoms with E-state index in [1.54, 1.807) is 0 Å². The average molecular weight is 440 g/mol. The molecule has 0 spiro atoms. The van der Waals surface area contributed by atoms with Crippen LogP contribution in [0.15, 0.2) is 57.5 Å². The lowest BCUT2D eigenvalue weighted by molar-refractivity contribution is -0.118. The van der Waals surface area contributed by atoms with Crippen LogP contribution in [0.4, 0.5) is 11.4 Å². The first-order valence-corrected chi connectivity index (χ1v) is 9.22. The molecule has 0 radical (unpaired) electrons. The molecule has 1 heterocycles. The molecule has 0 atom stereocenters. The Bertz CT molecular complexity index is 605. The summed E-state index contributed by atoms with van der Waals surface area (Å²) in [5.74, 6) is 0.259. The molecule has 0 aromatic heterocycles. The number of amides is 1. The number of halogens is 2. The summed E-state index contributed by atoms with van der Waals surface area (Å²) in [6.45, 7) is 0.862. The normalized spacial score (nSPS) is 14.7. The van der Waals surface area contributed by atoms with Gasteiger partial charge in [-0.3, -0.25) is 4.79 Å². The third kappa shape index (κ3) is 5.99. The molecule has 2 aromatic rings. The second-order valence-electron chi connectivity index (χ2n) is 5.38. The van der Waals surface area contributed by atoms with E-state index in [9.17, 15) is 4.79 Å². The highest BCUT2D eigenvalue weighted by atomic mass is 79.9. The molecule has 1 amide bonds. The fraction of sp³-hybridized carbons (Fsp3) is 0.278. The Morgan fingerprint density at radius 3 is 1.96 bits per heavy atom. The predicted molar refractivity (Wildman–Crippen MR) is 104 cm³/mol. The van der Waals surface area contributed by atoms with Crippen molar-refractivity contribution in [2.24, 2.45) is 0 Å². The minimum atomic E-state index is 0.259. The van der Waals surface area contributed by atoms with Crippen LogP contribution in [0.2, 0.25) is 0 Å². The van der Waals surface area contributed by atoms with Gasteiger partial charge in [-0.1, -0.05) is 38.3 Å². The van der Waals surface area contributed by atoms with Crippen LogP contribution in [0.25, 0.3) is 0 Å². The second kappa shape index (κ2) is 9.08. The number of benzene rings is 2. The molecule has 1 aliphatic rings. The van der Waals surface area contributed by atoms with E-state index in [0.717, 1.165) is 39.7 Å². The molecule has 23 heavy (non-hydrogen) atoms. The van der Waals surface area contributed by atoms with Gasteiger partial charge in [0.15, 0.2) is 0 Å². The SMILES string of the molecule is Nc1ccc(Br)cc1.O=C1CCCCCN1c1ccc(Br)cc1. The smallest absolute Gasteiger partial charge is 0.226 e. The van der Waals surface area contributed by atoms with Crippen molar-refractivity contribution in [3.63, 3.8) is 0 Å². The molecule has 0 aliphatic carbocycles. The number of hydrogen-bond acceptors (Lipinski definition) is 2. The second-order valence-corrected chi connectivity index (χ2v) is 7.22. The van der Waals surface area contributed by atoms with Gasteiger partial charge in [-0.15, -0.1) is 0 Å². The summed E-state index contributed by atoms with van der Waals surface area (Å²) in [7, 11) is 0. The van der Waals surface area contributed by atoms with Gasteiger partial charge in [0.1, 0.15) is 0 Å². The van der Waals surface area contributed by atoms with Gasteiger partial charge in [0.2, 0.25) is 5.91 Å². The lowest BCUT2D eigenvalue weighted by Crippen LogP contribution is -2.29. The highest BCUT2D eigenvalue weighted by Gasteiger charge is 2.17. The van der Waals surface area contributed by atoms with Crippen LogP contribution in [0.1, 0.15) is 25.7 Å². The van der Waals surface area contributed by atoms with Crippen LogP contribution in [0.5, 0.6) is 0 Å². The summed E-state index contributed by atoms with van der Waals surface area (Å²) in [6, 6.07) is 15.5. The maximum absolute atomic E-state index is 11.8. The first kappa shape index (κ1) is 18.0. The number of nitrogens with zero attached hydrogens (tertiary/aromatic N) is 1. The van der Waals surface area contributed by atoms with Crippen LogP contribution < -0.4 is 10.6 Å². The predicted octanol–water partition coefficient (Wildman–Crippen LogP) is 5.39. The molecule has 1 fully saturated rings. The van der Waals surface area contributed by atoms with E-state index < -0.39 is 0 Å². The average Bonchev–Trinajstić information content (AvgIpc) is 2.76. The summed E-state index contributed by atoms with van der Waals surface area (Å²) in [5, 5.41) is 0. The van der Waals surface area contributed by atoms with Crippen molar-refractivity contribution in [1.29, 1.82) is 0 Å². The quantitative estimate of drug-likeness (QED) is 0.605. The maximum Gasteiger partial charge on any atom is 0.226 e. The third-order valence-corrected chi connectivity index (χ3v) is 4.64. The Hall–Kier alpha value is -1.33. The molecule has 0 bridgehead atoms. The lowest BCUT2D eigenvalue weighted by atomic mass is 10.2. The zero-order valence-corrected chi connectivity index (χ0v) is 16.0. The van der Waals surface area contributed by atoms with E-state index in [-0.39, 0.29) is 5.91 Å². The molecule has 3 nitrogen and oxygen atoms in total. The van der Waals surface area contributed by atoms with Crippen molar-refractivity contribution in [3.05, 3.63) is 57.5 Å². The number of hydrogen-bond donors (Lipinski definition) is 1. The zero-order chi connectivity index (χ0) is 16.7. The van der Waals surface area contributed by atoms with Crippen molar-refractivity contribution in [2.75, 3.05) is 17.2 Å². The van der Waals surface area contributed by atoms with Gasteiger partial charge in [-0.05, 0) is 61.4 Å². The summed E-state index contributed by atoms with van der Waals surface area (Å²) < 4.78 is 2.11. The molecule has 3 rings (SSSR count). The zero-order valence-electron chi connectivity index (χ0n) is 12.8. The number of nitrogens with two attached hydrogens (primary N) is 1. The molecular formula is C18H20Br2N2O. The number of nitrogen functional groups attached to an aromatic ring is 1. The van der Waals surface area contributed by atoms with E-state index >= 15 is 0 Å². The van der Waals surface area contributed by atoms with Crippen LogP contribution in [-0.4, -0.2) is 12.5 Å². The van der Waals surface area contributed by atoms with E-state index in [1.807, 2.05) is 53.4 Å². The maximum atomic E-state index is 11.8. The van der Waals surface area contributed by atoms with Gasteiger partial charge in [0.25, 0.3) is 0 Å². The van der Waals surface area contributed by atoms with Crippen molar-refractivity contribution >= 4 is 49.1 Å². The summed E-state index contributed by atoms with van der Waals surface area (Å²) in [4.78, 5) is 13.7. The number of carbonyl (C=O) groups excluding carboxylic acids is 1. The van der Waals surface area contributed by atoms with E-state index in [4.69, 9.17) is 5.73 Å². The van der Waals surface area contributed by atoms with Crippen molar-refractivity contribution < 1.29 is 4.79 Å². The Labute approximate surface area is 154 Å². The van der Waals surface area contributed by atoms with E-state index in [0.29, 0.717) is 6.42 Å². The monoisotopic (exact) mass is 438 g/mol. The number of anilines is 2. The fourth-order valence-corrected chi connectivity index (χ4v) is 2.87. The summed E-state index contributed by atoms with van der Waals surface area (Å²) in [5.41, 5.74) is 7.22. The van der Waals surface area contributed by atoms with E-state index in [2.05, 4.69) is 31.9 Å². The van der Waals surface area contributed by atoms with Gasteiger partial charge in [-0.25, -0.2) is 0 Å². The standard InChI is InChI=1S/C12H14BrNO.C6H6BrN/c13-10-5-7-11(8-6-10)14-9-3-1-2-4-12(14)15;7-5-1-3-6(8)4-2-5/h5-8H,1-4,9H2;1-4H,8H2. The van der Waals surface area contributed by atoms with Crippen LogP contribution in [0.3, 0.4) is 0 Å². The van der Waals surface area contributed by atoms with Crippen LogP contribution in [-0.2, 0) is 4.79 Å². The van der Waals surface area contributed by atoms with E-state index in [1.165, 1.54) is 6.42 Å². The number of rotatable bonds is 1. The molecule has 122 valence electrons. The Balaban J connectivity index is 0.000000203. The first-order valence-electron chi connectivity index (χ1n) is 7.63. The van der Waals surface area contributed by atoms with Crippen molar-refractivity contribution in [3.8, 4) is 0 Å². The molecule has 1 aliphatic heterocycles. The Kier molecular flexibility index (Phi) is 7.12. The topological polar surface area (TPSA) is 46.3 Å². The Morgan fingerprint density at radius 1 is 0.826 bits per heavy atom. The van der Waals surface area contributed by atoms with Crippen LogP contribution >= 0.6 is 31.9 Å². The third-order valence-electron chi connectivity index (χ3n) is 3.58. The Morgan fingerprint density at radius 2 is 1.39 bits per heavy atom. The molecule has 2 N–H and O–H groups in total. The largest absolute Gasteiger partial charge is 0.399 e. The molecule has 5 heteroatoms. The minimum Gasteiger partial charge on any atom is -0.399 e. The lowest BCUT2D eigenvalue weighted by Gasteiger charge is -2.20. The van der Waals surface area contributed by atoms with Gasteiger partial charge in [-0.2, -0.15) is 0 Å². The summed E-state index contributed by atoms with van der Waals surface area (Å²) in [6.07, 6.45) is 4.00. The molecule has 0 unspecified atom stereocenters. The molecule has 0 saturated carbocycles. The number of carbonyl (C=O) groups is 1. The van der Waals surface area contributed by atoms with Crippen LogP contribution in [0, 0.1) is 0 Å². The van der Waals surface area contributed by atoms with Gasteiger partial charge < -0.3 is 10.6 Å². The highest BCUT2D eigenvalue weighted by molar-refractivity contribution is 9.10. The van der Waals surface area contributed by atoms with Crippen molar-refractivity contribution in [1.82, 2.24) is 0 Å². The van der Waals surface area contributed by atoms with Gasteiger partial charge >= 0.3 is 0 Å². The minimum absolute atomic E-state index is 0.259. The van der Waals surface area contributed by atoms with Crippen molar-refractivity contribution in [2.45, 2.75) is 25.7 Å². The first-order chi connectivity index (χ1) is 11.1. The molecule has 2 aromatic carbocycles. The highest BCUT2D eigenvalue weighted by Crippen LogP contribution is 2.22. The molecule has 1 saturated heterocycles. The summed E-state index contributed by atoms with van der Waals surface area (Å²) >= 11 is 6.69. The fourth-order valence-electron chi connectivity index (χ4n) is 2.34. The van der Waals surface area contributed by atoms with Gasteiger partial charge in [0.05, 0.1) is 0 Å².